The maximum atomic E-state index is 13.6. The topological polar surface area (TPSA) is 38.5 Å². The second kappa shape index (κ2) is 5.39. The summed E-state index contributed by atoms with van der Waals surface area (Å²) in [7, 11) is 1.97. The number of nitrogen functional groups attached to an aromatic ring is 1. The van der Waals surface area contributed by atoms with E-state index in [-0.39, 0.29) is 5.82 Å². The molecule has 0 unspecified atom stereocenters. The van der Waals surface area contributed by atoms with Crippen LogP contribution in [0.4, 0.5) is 15.8 Å². The Morgan fingerprint density at radius 2 is 2.06 bits per heavy atom. The predicted molar refractivity (Wildman–Crippen MR) is 75.8 cm³/mol. The number of anilines is 2. The molecule has 0 spiro atoms. The van der Waals surface area contributed by atoms with E-state index in [1.165, 1.54) is 6.07 Å². The first-order valence-corrected chi connectivity index (χ1v) is 6.72. The summed E-state index contributed by atoms with van der Waals surface area (Å²) in [4.78, 5) is 2.07. The van der Waals surface area contributed by atoms with Crippen LogP contribution in [0.2, 0.25) is 0 Å². The van der Waals surface area contributed by atoms with Crippen LogP contribution < -0.4 is 10.6 Å². The van der Waals surface area contributed by atoms with Crippen LogP contribution in [0.3, 0.4) is 0 Å². The van der Waals surface area contributed by atoms with Gasteiger partial charge in [-0.1, -0.05) is 0 Å². The molecule has 3 nitrogen and oxygen atoms in total. The van der Waals surface area contributed by atoms with Crippen molar-refractivity contribution in [2.75, 3.05) is 30.9 Å². The van der Waals surface area contributed by atoms with E-state index in [4.69, 9.17) is 10.5 Å². The van der Waals surface area contributed by atoms with Crippen LogP contribution in [-0.2, 0) is 4.74 Å². The van der Waals surface area contributed by atoms with Gasteiger partial charge in [0.2, 0.25) is 0 Å². The number of nitrogens with zero attached hydrogens (tertiary/aromatic N) is 1. The molecule has 1 aliphatic rings. The molecule has 1 aliphatic heterocycles. The predicted octanol–water partition coefficient (Wildman–Crippen LogP) is 2.63. The molecule has 2 N–H and O–H groups in total. The van der Waals surface area contributed by atoms with Gasteiger partial charge in [0.15, 0.2) is 0 Å². The number of hydrogen-bond acceptors (Lipinski definition) is 3. The Bertz CT molecular complexity index is 408. The zero-order valence-corrected chi connectivity index (χ0v) is 11.9. The van der Waals surface area contributed by atoms with Crippen molar-refractivity contribution < 1.29 is 9.13 Å². The molecule has 0 aromatic heterocycles. The van der Waals surface area contributed by atoms with Crippen molar-refractivity contribution in [2.45, 2.75) is 18.9 Å². The first-order valence-electron chi connectivity index (χ1n) is 5.64. The van der Waals surface area contributed by atoms with Crippen molar-refractivity contribution in [3.8, 4) is 0 Å². The zero-order chi connectivity index (χ0) is 12.4. The van der Waals surface area contributed by atoms with Crippen molar-refractivity contribution >= 4 is 34.0 Å². The first kappa shape index (κ1) is 12.9. The number of halogens is 2. The van der Waals surface area contributed by atoms with Crippen LogP contribution in [0.15, 0.2) is 12.1 Å². The second-order valence-electron chi connectivity index (χ2n) is 4.28. The van der Waals surface area contributed by atoms with Gasteiger partial charge in [0.25, 0.3) is 0 Å². The molecule has 1 aromatic carbocycles. The fourth-order valence-electron chi connectivity index (χ4n) is 2.13. The molecule has 94 valence electrons. The van der Waals surface area contributed by atoms with Crippen molar-refractivity contribution in [1.29, 1.82) is 0 Å². The van der Waals surface area contributed by atoms with Gasteiger partial charge in [-0.2, -0.15) is 0 Å². The van der Waals surface area contributed by atoms with Gasteiger partial charge in [-0.25, -0.2) is 4.39 Å². The molecule has 1 saturated heterocycles. The van der Waals surface area contributed by atoms with Crippen LogP contribution in [0, 0.1) is 9.39 Å². The van der Waals surface area contributed by atoms with Crippen LogP contribution in [0.1, 0.15) is 12.8 Å². The molecular weight excluding hydrogens is 334 g/mol. The van der Waals surface area contributed by atoms with Crippen LogP contribution in [0.5, 0.6) is 0 Å². The molecule has 0 bridgehead atoms. The van der Waals surface area contributed by atoms with Crippen LogP contribution >= 0.6 is 22.6 Å². The molecule has 1 aromatic rings. The van der Waals surface area contributed by atoms with E-state index in [1.54, 1.807) is 6.07 Å². The zero-order valence-electron chi connectivity index (χ0n) is 9.75. The van der Waals surface area contributed by atoms with Gasteiger partial charge in [-0.05, 0) is 41.5 Å². The highest BCUT2D eigenvalue weighted by Crippen LogP contribution is 2.30. The third kappa shape index (κ3) is 2.82. The maximum Gasteiger partial charge on any atom is 0.138 e. The lowest BCUT2D eigenvalue weighted by atomic mass is 10.1. The molecule has 0 aliphatic carbocycles. The minimum Gasteiger partial charge on any atom is -0.397 e. The third-order valence-electron chi connectivity index (χ3n) is 3.19. The van der Waals surface area contributed by atoms with Gasteiger partial charge in [0, 0.05) is 32.4 Å². The smallest absolute Gasteiger partial charge is 0.138 e. The second-order valence-corrected chi connectivity index (χ2v) is 5.44. The lowest BCUT2D eigenvalue weighted by molar-refractivity contribution is 0.0855. The Morgan fingerprint density at radius 1 is 1.41 bits per heavy atom. The molecular formula is C12H16FIN2O. The summed E-state index contributed by atoms with van der Waals surface area (Å²) < 4.78 is 19.5. The van der Waals surface area contributed by atoms with Gasteiger partial charge in [0.05, 0.1) is 14.9 Å². The molecule has 0 amide bonds. The van der Waals surface area contributed by atoms with Crippen LogP contribution in [-0.4, -0.2) is 26.3 Å². The highest BCUT2D eigenvalue weighted by atomic mass is 127. The fourth-order valence-corrected chi connectivity index (χ4v) is 2.62. The molecule has 5 heteroatoms. The summed E-state index contributed by atoms with van der Waals surface area (Å²) in [5, 5.41) is 0. The van der Waals surface area contributed by atoms with Gasteiger partial charge in [0.1, 0.15) is 5.82 Å². The van der Waals surface area contributed by atoms with Crippen molar-refractivity contribution in [2.24, 2.45) is 0 Å². The van der Waals surface area contributed by atoms with Gasteiger partial charge < -0.3 is 15.4 Å². The highest BCUT2D eigenvalue weighted by molar-refractivity contribution is 14.1. The summed E-state index contributed by atoms with van der Waals surface area (Å²) in [6.07, 6.45) is 1.92. The fraction of sp³-hybridized carbons (Fsp3) is 0.500. The minimum absolute atomic E-state index is 0.214. The lowest BCUT2D eigenvalue weighted by Gasteiger charge is -2.33. The quantitative estimate of drug-likeness (QED) is 0.658. The SMILES string of the molecule is CN(c1cc(F)c(I)cc1N)C1CCOCC1. The largest absolute Gasteiger partial charge is 0.397 e. The van der Waals surface area contributed by atoms with Crippen molar-refractivity contribution in [3.63, 3.8) is 0 Å². The third-order valence-corrected chi connectivity index (χ3v) is 4.01. The molecule has 2 rings (SSSR count). The van der Waals surface area contributed by atoms with E-state index in [0.717, 1.165) is 31.7 Å². The average Bonchev–Trinajstić information content (AvgIpc) is 2.34. The van der Waals surface area contributed by atoms with Crippen LogP contribution in [0.25, 0.3) is 0 Å². The summed E-state index contributed by atoms with van der Waals surface area (Å²) in [5.74, 6) is -0.214. The van der Waals surface area contributed by atoms with Gasteiger partial charge in [-0.3, -0.25) is 0 Å². The Kier molecular flexibility index (Phi) is 4.09. The number of ether oxygens (including phenoxy) is 1. The Morgan fingerprint density at radius 3 is 2.71 bits per heavy atom. The average molecular weight is 350 g/mol. The monoisotopic (exact) mass is 350 g/mol. The maximum absolute atomic E-state index is 13.6. The van der Waals surface area contributed by atoms with E-state index in [0.29, 0.717) is 15.3 Å². The van der Waals surface area contributed by atoms with Gasteiger partial charge in [-0.15, -0.1) is 0 Å². The molecule has 0 saturated carbocycles. The number of rotatable bonds is 2. The van der Waals surface area contributed by atoms with E-state index in [9.17, 15) is 4.39 Å². The van der Waals surface area contributed by atoms with E-state index in [2.05, 4.69) is 4.90 Å². The molecule has 0 radical (unpaired) electrons. The summed E-state index contributed by atoms with van der Waals surface area (Å²) in [6, 6.07) is 3.58. The van der Waals surface area contributed by atoms with E-state index < -0.39 is 0 Å². The van der Waals surface area contributed by atoms with E-state index in [1.807, 2.05) is 29.6 Å². The van der Waals surface area contributed by atoms with Gasteiger partial charge >= 0.3 is 0 Å². The number of hydrogen-bond donors (Lipinski definition) is 1. The van der Waals surface area contributed by atoms with Crippen molar-refractivity contribution in [3.05, 3.63) is 21.5 Å². The lowest BCUT2D eigenvalue weighted by Crippen LogP contribution is -2.37. The molecule has 17 heavy (non-hydrogen) atoms. The molecule has 1 heterocycles. The standard InChI is InChI=1S/C12H16FIN2O/c1-16(8-2-4-17-5-3-8)12-6-9(13)10(14)7-11(12)15/h6-8H,2-5,15H2,1H3. The van der Waals surface area contributed by atoms with Crippen molar-refractivity contribution in [1.82, 2.24) is 0 Å². The molecule has 1 fully saturated rings. The number of benzene rings is 1. The minimum atomic E-state index is -0.214. The number of nitrogens with two attached hydrogens (primary N) is 1. The molecule has 0 atom stereocenters. The Hall–Kier alpha value is -0.560. The highest BCUT2D eigenvalue weighted by Gasteiger charge is 2.21. The normalized spacial score (nSPS) is 17.1. The summed E-state index contributed by atoms with van der Waals surface area (Å²) in [5.41, 5.74) is 7.36. The summed E-state index contributed by atoms with van der Waals surface area (Å²) >= 11 is 1.95. The summed E-state index contributed by atoms with van der Waals surface area (Å²) in [6.45, 7) is 1.53. The Balaban J connectivity index is 2.23. The first-order chi connectivity index (χ1) is 8.09. The Labute approximate surface area is 114 Å². The van der Waals surface area contributed by atoms with E-state index >= 15 is 0 Å².